The maximum absolute atomic E-state index is 9.83. The lowest BCUT2D eigenvalue weighted by atomic mass is 9.80. The van der Waals surface area contributed by atoms with E-state index < -0.39 is 18.2 Å². The van der Waals surface area contributed by atoms with Crippen molar-refractivity contribution in [3.8, 4) is 0 Å². The van der Waals surface area contributed by atoms with Crippen molar-refractivity contribution in [3.63, 3.8) is 0 Å². The highest BCUT2D eigenvalue weighted by Gasteiger charge is 2.32. The minimum absolute atomic E-state index is 0.230. The van der Waals surface area contributed by atoms with Crippen LogP contribution in [-0.4, -0.2) is 28.5 Å². The summed E-state index contributed by atoms with van der Waals surface area (Å²) in [5.74, 6) is -0.230. The van der Waals surface area contributed by atoms with E-state index in [-0.39, 0.29) is 5.92 Å². The van der Waals surface area contributed by atoms with Crippen molar-refractivity contribution in [2.24, 2.45) is 5.73 Å². The first-order chi connectivity index (χ1) is 7.20. The fourth-order valence-corrected chi connectivity index (χ4v) is 2.01. The summed E-state index contributed by atoms with van der Waals surface area (Å²) in [7, 11) is 0. The van der Waals surface area contributed by atoms with Crippen molar-refractivity contribution in [2.45, 2.75) is 24.2 Å². The third-order valence-electron chi connectivity index (χ3n) is 2.87. The van der Waals surface area contributed by atoms with E-state index in [0.717, 1.165) is 5.56 Å². The monoisotopic (exact) mass is 205 g/mol. The zero-order chi connectivity index (χ0) is 10.8. The smallest absolute Gasteiger partial charge is 0.0879 e. The highest BCUT2D eigenvalue weighted by atomic mass is 16.3. The van der Waals surface area contributed by atoms with Crippen LogP contribution in [0.2, 0.25) is 0 Å². The SMILES string of the molecule is NC1C(O)C=CC(O)C1c1ccccc1. The van der Waals surface area contributed by atoms with Crippen LogP contribution in [-0.2, 0) is 0 Å². The molecule has 4 unspecified atom stereocenters. The van der Waals surface area contributed by atoms with Crippen LogP contribution in [0.4, 0.5) is 0 Å². The van der Waals surface area contributed by atoms with Crippen molar-refractivity contribution < 1.29 is 10.2 Å². The topological polar surface area (TPSA) is 66.5 Å². The van der Waals surface area contributed by atoms with Gasteiger partial charge in [-0.05, 0) is 5.56 Å². The normalized spacial score (nSPS) is 35.4. The first-order valence-electron chi connectivity index (χ1n) is 5.05. The molecule has 0 saturated heterocycles. The molecule has 0 heterocycles. The van der Waals surface area contributed by atoms with E-state index in [2.05, 4.69) is 0 Å². The molecule has 0 amide bonds. The number of benzene rings is 1. The molecule has 1 aliphatic rings. The Morgan fingerprint density at radius 1 is 0.933 bits per heavy atom. The number of aliphatic hydroxyl groups is 2. The van der Waals surface area contributed by atoms with Crippen molar-refractivity contribution in [1.82, 2.24) is 0 Å². The van der Waals surface area contributed by atoms with Crippen LogP contribution in [0, 0.1) is 0 Å². The van der Waals surface area contributed by atoms with E-state index in [1.54, 1.807) is 12.2 Å². The molecule has 4 N–H and O–H groups in total. The molecule has 4 atom stereocenters. The average Bonchev–Trinajstić information content (AvgIpc) is 2.26. The van der Waals surface area contributed by atoms with Crippen molar-refractivity contribution >= 4 is 0 Å². The maximum Gasteiger partial charge on any atom is 0.0879 e. The van der Waals surface area contributed by atoms with Crippen LogP contribution in [0.3, 0.4) is 0 Å². The number of hydrogen-bond acceptors (Lipinski definition) is 3. The molecular weight excluding hydrogens is 190 g/mol. The Kier molecular flexibility index (Phi) is 2.86. The summed E-state index contributed by atoms with van der Waals surface area (Å²) in [4.78, 5) is 0. The Morgan fingerprint density at radius 2 is 1.53 bits per heavy atom. The van der Waals surface area contributed by atoms with Gasteiger partial charge in [-0.15, -0.1) is 0 Å². The van der Waals surface area contributed by atoms with Gasteiger partial charge < -0.3 is 15.9 Å². The molecule has 0 bridgehead atoms. The van der Waals surface area contributed by atoms with Gasteiger partial charge in [0, 0.05) is 12.0 Å². The summed E-state index contributed by atoms with van der Waals surface area (Å²) in [5, 5.41) is 19.4. The quantitative estimate of drug-likeness (QED) is 0.581. The zero-order valence-electron chi connectivity index (χ0n) is 8.32. The molecule has 1 aromatic rings. The standard InChI is InChI=1S/C12H15NO2/c13-12-10(15)7-6-9(14)11(12)8-4-2-1-3-5-8/h1-7,9-12,14-15H,13H2. The fourth-order valence-electron chi connectivity index (χ4n) is 2.01. The van der Waals surface area contributed by atoms with Gasteiger partial charge in [0.2, 0.25) is 0 Å². The van der Waals surface area contributed by atoms with Gasteiger partial charge in [-0.2, -0.15) is 0 Å². The summed E-state index contributed by atoms with van der Waals surface area (Å²) < 4.78 is 0. The molecular formula is C12H15NO2. The molecule has 3 heteroatoms. The van der Waals surface area contributed by atoms with Crippen LogP contribution in [0.25, 0.3) is 0 Å². The molecule has 3 nitrogen and oxygen atoms in total. The molecule has 0 aromatic heterocycles. The predicted molar refractivity (Wildman–Crippen MR) is 58.3 cm³/mol. The van der Waals surface area contributed by atoms with Crippen molar-refractivity contribution in [1.29, 1.82) is 0 Å². The van der Waals surface area contributed by atoms with Gasteiger partial charge in [0.05, 0.1) is 12.2 Å². The summed E-state index contributed by atoms with van der Waals surface area (Å²) in [6.07, 6.45) is 1.85. The molecule has 0 aliphatic heterocycles. The predicted octanol–water partition coefficient (Wildman–Crippen LogP) is 0.389. The third kappa shape index (κ3) is 1.95. The van der Waals surface area contributed by atoms with Crippen LogP contribution in [0.15, 0.2) is 42.5 Å². The first kappa shape index (κ1) is 10.4. The second-order valence-electron chi connectivity index (χ2n) is 3.88. The highest BCUT2D eigenvalue weighted by molar-refractivity contribution is 5.28. The van der Waals surface area contributed by atoms with E-state index in [1.807, 2.05) is 30.3 Å². The lowest BCUT2D eigenvalue weighted by molar-refractivity contribution is 0.105. The zero-order valence-corrected chi connectivity index (χ0v) is 8.32. The summed E-state index contributed by atoms with van der Waals surface area (Å²) >= 11 is 0. The summed E-state index contributed by atoms with van der Waals surface area (Å²) in [6.45, 7) is 0. The number of nitrogens with two attached hydrogens (primary N) is 1. The fraction of sp³-hybridized carbons (Fsp3) is 0.333. The molecule has 0 fully saturated rings. The molecule has 2 rings (SSSR count). The van der Waals surface area contributed by atoms with Gasteiger partial charge in [-0.3, -0.25) is 0 Å². The second-order valence-corrected chi connectivity index (χ2v) is 3.88. The van der Waals surface area contributed by atoms with Crippen LogP contribution < -0.4 is 5.73 Å². The Bertz CT molecular complexity index is 350. The van der Waals surface area contributed by atoms with Gasteiger partial charge in [0.25, 0.3) is 0 Å². The lowest BCUT2D eigenvalue weighted by Gasteiger charge is -2.33. The molecule has 1 aliphatic carbocycles. The second kappa shape index (κ2) is 4.14. The Balaban J connectivity index is 2.32. The largest absolute Gasteiger partial charge is 0.388 e. The van der Waals surface area contributed by atoms with Crippen molar-refractivity contribution in [2.75, 3.05) is 0 Å². The van der Waals surface area contributed by atoms with Gasteiger partial charge >= 0.3 is 0 Å². The number of aliphatic hydroxyl groups excluding tert-OH is 2. The van der Waals surface area contributed by atoms with E-state index in [4.69, 9.17) is 5.73 Å². The van der Waals surface area contributed by atoms with Gasteiger partial charge in [-0.25, -0.2) is 0 Å². The van der Waals surface area contributed by atoms with Gasteiger partial charge in [0.15, 0.2) is 0 Å². The van der Waals surface area contributed by atoms with Gasteiger partial charge in [-0.1, -0.05) is 42.5 Å². The summed E-state index contributed by atoms with van der Waals surface area (Å²) in [6, 6.07) is 9.10. The van der Waals surface area contributed by atoms with Crippen LogP contribution >= 0.6 is 0 Å². The molecule has 0 radical (unpaired) electrons. The van der Waals surface area contributed by atoms with E-state index in [0.29, 0.717) is 0 Å². The minimum atomic E-state index is -0.682. The molecule has 0 spiro atoms. The molecule has 1 aromatic carbocycles. The Morgan fingerprint density at radius 3 is 2.20 bits per heavy atom. The van der Waals surface area contributed by atoms with Gasteiger partial charge in [0.1, 0.15) is 0 Å². The number of rotatable bonds is 1. The van der Waals surface area contributed by atoms with Crippen LogP contribution in [0.1, 0.15) is 11.5 Å². The first-order valence-corrected chi connectivity index (χ1v) is 5.05. The lowest BCUT2D eigenvalue weighted by Crippen LogP contribution is -2.46. The third-order valence-corrected chi connectivity index (χ3v) is 2.87. The Hall–Kier alpha value is -1.16. The van der Waals surface area contributed by atoms with E-state index in [9.17, 15) is 10.2 Å². The van der Waals surface area contributed by atoms with Crippen LogP contribution in [0.5, 0.6) is 0 Å². The average molecular weight is 205 g/mol. The van der Waals surface area contributed by atoms with E-state index >= 15 is 0 Å². The minimum Gasteiger partial charge on any atom is -0.388 e. The molecule has 15 heavy (non-hydrogen) atoms. The Labute approximate surface area is 88.9 Å². The molecule has 80 valence electrons. The molecule has 0 saturated carbocycles. The van der Waals surface area contributed by atoms with Crippen molar-refractivity contribution in [3.05, 3.63) is 48.0 Å². The number of hydrogen-bond donors (Lipinski definition) is 3. The van der Waals surface area contributed by atoms with E-state index in [1.165, 1.54) is 0 Å². The maximum atomic E-state index is 9.83. The highest BCUT2D eigenvalue weighted by Crippen LogP contribution is 2.28. The summed E-state index contributed by atoms with van der Waals surface area (Å²) in [5.41, 5.74) is 6.84.